The summed E-state index contributed by atoms with van der Waals surface area (Å²) in [5.74, 6) is 0.450. The third kappa shape index (κ3) is 2.81. The van der Waals surface area contributed by atoms with E-state index in [1.165, 1.54) is 18.1 Å². The smallest absolute Gasteiger partial charge is 0.237 e. The minimum absolute atomic E-state index is 0.159. The Kier molecular flexibility index (Phi) is 3.66. The monoisotopic (exact) mass is 306 g/mol. The van der Waals surface area contributed by atoms with Crippen LogP contribution in [0.1, 0.15) is 5.69 Å². The highest BCUT2D eigenvalue weighted by atomic mass is 32.2. The van der Waals surface area contributed by atoms with E-state index in [1.54, 1.807) is 24.3 Å². The molecule has 3 rings (SSSR count). The molecular formula is C12H10N4O2S2. The molecule has 3 heterocycles. The number of hydrogen-bond acceptors (Lipinski definition) is 7. The molecule has 3 aromatic heterocycles. The maximum Gasteiger partial charge on any atom is 0.237 e. The lowest BCUT2D eigenvalue weighted by Gasteiger charge is -2.02. The van der Waals surface area contributed by atoms with Crippen molar-refractivity contribution in [1.29, 1.82) is 0 Å². The van der Waals surface area contributed by atoms with E-state index >= 15 is 0 Å². The van der Waals surface area contributed by atoms with Crippen molar-refractivity contribution in [3.05, 3.63) is 29.5 Å². The van der Waals surface area contributed by atoms with Crippen molar-refractivity contribution in [3.63, 3.8) is 0 Å². The highest BCUT2D eigenvalue weighted by Crippen LogP contribution is 2.27. The number of aryl methyl sites for hydroxylation is 1. The van der Waals surface area contributed by atoms with Gasteiger partial charge in [0.05, 0.1) is 11.4 Å². The topological polar surface area (TPSA) is 80.9 Å². The lowest BCUT2D eigenvalue weighted by Crippen LogP contribution is -2.13. The van der Waals surface area contributed by atoms with Crippen LogP contribution < -0.4 is 5.32 Å². The number of nitrogens with one attached hydrogen (secondary N) is 1. The van der Waals surface area contributed by atoms with Crippen LogP contribution in [0.5, 0.6) is 0 Å². The first-order valence-electron chi connectivity index (χ1n) is 5.76. The predicted octanol–water partition coefficient (Wildman–Crippen LogP) is 2.72. The summed E-state index contributed by atoms with van der Waals surface area (Å²) in [7, 11) is 0. The number of fused-ring (bicyclic) bond motifs is 1. The van der Waals surface area contributed by atoms with Crippen LogP contribution in [0, 0.1) is 6.92 Å². The molecule has 0 atom stereocenters. The van der Waals surface area contributed by atoms with Gasteiger partial charge in [0.25, 0.3) is 0 Å². The number of anilines is 1. The molecule has 0 aliphatic carbocycles. The maximum absolute atomic E-state index is 11.8. The zero-order chi connectivity index (χ0) is 13.9. The zero-order valence-corrected chi connectivity index (χ0v) is 12.1. The molecule has 0 spiro atoms. The molecule has 8 heteroatoms. The molecule has 0 aliphatic rings. The lowest BCUT2D eigenvalue weighted by molar-refractivity contribution is -0.113. The molecule has 3 aromatic rings. The van der Waals surface area contributed by atoms with Crippen molar-refractivity contribution in [2.45, 2.75) is 11.9 Å². The number of carbonyl (C=O) groups is 1. The molecule has 0 bridgehead atoms. The molecule has 0 saturated carbocycles. The number of hydrogen-bond donors (Lipinski definition) is 1. The molecule has 0 fully saturated rings. The normalized spacial score (nSPS) is 10.8. The molecule has 0 radical (unpaired) electrons. The van der Waals surface area contributed by atoms with Gasteiger partial charge in [-0.25, -0.2) is 9.97 Å². The third-order valence-electron chi connectivity index (χ3n) is 2.46. The zero-order valence-electron chi connectivity index (χ0n) is 10.5. The van der Waals surface area contributed by atoms with E-state index in [1.807, 2.05) is 11.4 Å². The molecule has 0 aliphatic heterocycles. The number of thioether (sulfide) groups is 1. The average Bonchev–Trinajstić information content (AvgIpc) is 3.05. The van der Waals surface area contributed by atoms with Crippen LogP contribution in [-0.2, 0) is 4.79 Å². The van der Waals surface area contributed by atoms with Gasteiger partial charge in [0.1, 0.15) is 16.2 Å². The van der Waals surface area contributed by atoms with Crippen LogP contribution in [0.2, 0.25) is 0 Å². The summed E-state index contributed by atoms with van der Waals surface area (Å²) in [6, 6.07) is 3.63. The Labute approximate surface area is 122 Å². The van der Waals surface area contributed by atoms with Crippen LogP contribution in [0.25, 0.3) is 10.2 Å². The number of rotatable bonds is 4. The number of thiophene rings is 1. The number of amides is 1. The molecule has 6 nitrogen and oxygen atoms in total. The molecule has 102 valence electrons. The van der Waals surface area contributed by atoms with Gasteiger partial charge in [-0.05, 0) is 18.4 Å². The maximum atomic E-state index is 11.8. The van der Waals surface area contributed by atoms with Gasteiger partial charge in [0.2, 0.25) is 11.8 Å². The fourth-order valence-corrected chi connectivity index (χ4v) is 3.19. The summed E-state index contributed by atoms with van der Waals surface area (Å²) in [4.78, 5) is 21.1. The van der Waals surface area contributed by atoms with Crippen LogP contribution in [-0.4, -0.2) is 26.8 Å². The van der Waals surface area contributed by atoms with Crippen LogP contribution in [0.4, 0.5) is 5.88 Å². The van der Waals surface area contributed by atoms with Crippen molar-refractivity contribution in [2.24, 2.45) is 0 Å². The predicted molar refractivity (Wildman–Crippen MR) is 78.0 cm³/mol. The van der Waals surface area contributed by atoms with E-state index in [0.29, 0.717) is 5.88 Å². The Hall–Kier alpha value is -1.93. The minimum Gasteiger partial charge on any atom is -0.338 e. The van der Waals surface area contributed by atoms with Crippen LogP contribution in [0.3, 0.4) is 0 Å². The largest absolute Gasteiger partial charge is 0.338 e. The summed E-state index contributed by atoms with van der Waals surface area (Å²) in [5.41, 5.74) is 0.726. The van der Waals surface area contributed by atoms with Gasteiger partial charge >= 0.3 is 0 Å². The quantitative estimate of drug-likeness (QED) is 0.589. The summed E-state index contributed by atoms with van der Waals surface area (Å²) in [6.07, 6.45) is 1.51. The van der Waals surface area contributed by atoms with Crippen molar-refractivity contribution < 1.29 is 9.32 Å². The summed E-state index contributed by atoms with van der Waals surface area (Å²) < 4.78 is 4.93. The number of nitrogens with zero attached hydrogens (tertiary/aromatic N) is 3. The van der Waals surface area contributed by atoms with E-state index in [2.05, 4.69) is 20.4 Å². The van der Waals surface area contributed by atoms with Gasteiger partial charge in [-0.1, -0.05) is 16.9 Å². The Morgan fingerprint density at radius 1 is 1.50 bits per heavy atom. The Morgan fingerprint density at radius 2 is 2.40 bits per heavy atom. The van der Waals surface area contributed by atoms with Gasteiger partial charge in [0.15, 0.2) is 0 Å². The van der Waals surface area contributed by atoms with E-state index in [4.69, 9.17) is 4.52 Å². The number of carbonyl (C=O) groups excluding carboxylic acids is 1. The summed E-state index contributed by atoms with van der Waals surface area (Å²) >= 11 is 2.92. The minimum atomic E-state index is -0.159. The molecule has 0 saturated heterocycles. The van der Waals surface area contributed by atoms with Crippen molar-refractivity contribution in [1.82, 2.24) is 15.1 Å². The molecule has 0 unspecified atom stereocenters. The van der Waals surface area contributed by atoms with E-state index in [-0.39, 0.29) is 11.7 Å². The van der Waals surface area contributed by atoms with Crippen molar-refractivity contribution in [2.75, 3.05) is 11.1 Å². The third-order valence-corrected chi connectivity index (χ3v) is 4.28. The van der Waals surface area contributed by atoms with Crippen molar-refractivity contribution in [3.8, 4) is 0 Å². The van der Waals surface area contributed by atoms with Gasteiger partial charge in [-0.2, -0.15) is 0 Å². The van der Waals surface area contributed by atoms with E-state index < -0.39 is 0 Å². The first-order valence-corrected chi connectivity index (χ1v) is 7.63. The first-order chi connectivity index (χ1) is 9.72. The standard InChI is InChI=1S/C12H10N4O2S2/c1-7-4-10(18-16-7)15-9(17)5-20-12-8-2-3-19-11(8)13-6-14-12/h2-4,6H,5H2,1H3,(H,15,17). The second-order valence-corrected chi connectivity index (χ2v) is 5.85. The molecule has 20 heavy (non-hydrogen) atoms. The highest BCUT2D eigenvalue weighted by molar-refractivity contribution is 8.00. The Bertz CT molecular complexity index is 753. The van der Waals surface area contributed by atoms with Gasteiger partial charge < -0.3 is 4.52 Å². The molecular weight excluding hydrogens is 296 g/mol. The Balaban J connectivity index is 1.64. The lowest BCUT2D eigenvalue weighted by atomic mass is 10.4. The summed E-state index contributed by atoms with van der Waals surface area (Å²) in [5, 5.41) is 10.1. The Morgan fingerprint density at radius 3 is 3.20 bits per heavy atom. The average molecular weight is 306 g/mol. The second kappa shape index (κ2) is 5.59. The van der Waals surface area contributed by atoms with Crippen LogP contribution in [0.15, 0.2) is 33.4 Å². The van der Waals surface area contributed by atoms with Gasteiger partial charge in [-0.3, -0.25) is 10.1 Å². The van der Waals surface area contributed by atoms with Crippen molar-refractivity contribution >= 4 is 45.1 Å². The SMILES string of the molecule is Cc1cc(NC(=O)CSc2ncnc3sccc23)on1. The van der Waals surface area contributed by atoms with Gasteiger partial charge in [0, 0.05) is 11.5 Å². The number of aromatic nitrogens is 3. The first kappa shape index (κ1) is 13.1. The molecule has 0 aromatic carbocycles. The van der Waals surface area contributed by atoms with Crippen LogP contribution >= 0.6 is 23.1 Å². The fourth-order valence-electron chi connectivity index (χ4n) is 1.61. The van der Waals surface area contributed by atoms with E-state index in [9.17, 15) is 4.79 Å². The highest BCUT2D eigenvalue weighted by Gasteiger charge is 2.10. The molecule has 1 amide bonds. The summed E-state index contributed by atoms with van der Waals surface area (Å²) in [6.45, 7) is 1.79. The molecule has 1 N–H and O–H groups in total. The second-order valence-electron chi connectivity index (χ2n) is 3.99. The van der Waals surface area contributed by atoms with E-state index in [0.717, 1.165) is 20.9 Å². The van der Waals surface area contributed by atoms with Gasteiger partial charge in [-0.15, -0.1) is 11.3 Å². The fraction of sp³-hybridized carbons (Fsp3) is 0.167.